The summed E-state index contributed by atoms with van der Waals surface area (Å²) in [6.45, 7) is 8.44. The van der Waals surface area contributed by atoms with Crippen LogP contribution < -0.4 is 14.8 Å². The summed E-state index contributed by atoms with van der Waals surface area (Å²) < 4.78 is 23.1. The number of carbonyl (C=O) groups excluding carboxylic acids is 3. The zero-order valence-corrected chi connectivity index (χ0v) is 23.0. The number of hydrogen-bond donors (Lipinski definition) is 1. The second kappa shape index (κ2) is 12.0. The van der Waals surface area contributed by atoms with E-state index in [1.54, 1.807) is 75.8 Å². The highest BCUT2D eigenvalue weighted by Gasteiger charge is 2.30. The van der Waals surface area contributed by atoms with Crippen molar-refractivity contribution in [3.63, 3.8) is 0 Å². The van der Waals surface area contributed by atoms with Gasteiger partial charge in [-0.3, -0.25) is 14.3 Å². The molecular weight excluding hydrogens is 520 g/mol. The number of aryl methyl sites for hydroxylation is 1. The number of carbonyl (C=O) groups is 3. The van der Waals surface area contributed by atoms with Gasteiger partial charge < -0.3 is 24.3 Å². The quantitative estimate of drug-likeness (QED) is 0.393. The summed E-state index contributed by atoms with van der Waals surface area (Å²) in [6, 6.07) is 5.58. The minimum Gasteiger partial charge on any atom is -0.464 e. The van der Waals surface area contributed by atoms with Crippen molar-refractivity contribution in [2.45, 2.75) is 52.8 Å². The Balaban J connectivity index is 1.57. The van der Waals surface area contributed by atoms with E-state index in [1.165, 1.54) is 11.2 Å². The van der Waals surface area contributed by atoms with Crippen molar-refractivity contribution < 1.29 is 33.3 Å². The van der Waals surface area contributed by atoms with Crippen LogP contribution in [-0.2, 0) is 25.6 Å². The predicted molar refractivity (Wildman–Crippen MR) is 141 cm³/mol. The Bertz CT molecular complexity index is 1370. The molecule has 0 bridgehead atoms. The molecule has 1 N–H and O–H groups in total. The van der Waals surface area contributed by atoms with E-state index >= 15 is 0 Å². The monoisotopic (exact) mass is 552 g/mol. The average Bonchev–Trinajstić information content (AvgIpc) is 3.58. The summed E-state index contributed by atoms with van der Waals surface area (Å²) in [6.07, 6.45) is 4.05. The maximum atomic E-state index is 13.3. The maximum absolute atomic E-state index is 13.3. The first-order valence-electron chi connectivity index (χ1n) is 12.7. The summed E-state index contributed by atoms with van der Waals surface area (Å²) >= 11 is 0. The van der Waals surface area contributed by atoms with E-state index < -0.39 is 36.2 Å². The van der Waals surface area contributed by atoms with Gasteiger partial charge in [0.15, 0.2) is 17.5 Å². The molecule has 13 heteroatoms. The number of imidazole rings is 1. The highest BCUT2D eigenvalue weighted by Crippen LogP contribution is 2.33. The number of aromatic nitrogens is 4. The largest absolute Gasteiger partial charge is 0.464 e. The van der Waals surface area contributed by atoms with Crippen LogP contribution >= 0.6 is 0 Å². The van der Waals surface area contributed by atoms with Gasteiger partial charge in [-0.05, 0) is 58.4 Å². The summed E-state index contributed by atoms with van der Waals surface area (Å²) in [7, 11) is 0. The van der Waals surface area contributed by atoms with E-state index in [0.29, 0.717) is 22.8 Å². The summed E-state index contributed by atoms with van der Waals surface area (Å²) in [5.41, 5.74) is 0.690. The van der Waals surface area contributed by atoms with Gasteiger partial charge in [0.1, 0.15) is 18.5 Å². The van der Waals surface area contributed by atoms with Gasteiger partial charge in [0.25, 0.3) is 0 Å². The van der Waals surface area contributed by atoms with Gasteiger partial charge in [-0.2, -0.15) is 0 Å². The van der Waals surface area contributed by atoms with Gasteiger partial charge >= 0.3 is 12.1 Å². The Morgan fingerprint density at radius 3 is 2.62 bits per heavy atom. The van der Waals surface area contributed by atoms with Crippen LogP contribution in [0, 0.1) is 6.92 Å². The Morgan fingerprint density at radius 1 is 1.15 bits per heavy atom. The second-order valence-electron chi connectivity index (χ2n) is 9.98. The molecule has 0 saturated heterocycles. The Morgan fingerprint density at radius 2 is 1.93 bits per heavy atom. The lowest BCUT2D eigenvalue weighted by molar-refractivity contribution is -0.147. The van der Waals surface area contributed by atoms with Gasteiger partial charge in [0.05, 0.1) is 12.3 Å². The molecular formula is C27H32N6O7. The molecule has 40 heavy (non-hydrogen) atoms. The molecule has 13 nitrogen and oxygen atoms in total. The lowest BCUT2D eigenvalue weighted by Gasteiger charge is -2.28. The standard InChI is InChI=1S/C27H32N6O7/c1-6-37-24(35)23(19-11-17(2)29-25(30-19)32-10-9-28-15-32)31-22(34)14-33(26(36)40-27(3,4)5)13-18-7-8-20-21(12-18)39-16-38-20/h7-12,15,23H,6,13-14,16H2,1-5H3,(H,31,34). The first kappa shape index (κ1) is 28.3. The van der Waals surface area contributed by atoms with Gasteiger partial charge in [0, 0.05) is 24.6 Å². The highest BCUT2D eigenvalue weighted by molar-refractivity contribution is 5.87. The number of fused-ring (bicyclic) bond motifs is 1. The van der Waals surface area contributed by atoms with Crippen LogP contribution in [0.25, 0.3) is 5.95 Å². The number of nitrogens with zero attached hydrogens (tertiary/aromatic N) is 5. The molecule has 0 aliphatic carbocycles. The molecule has 1 atom stereocenters. The third-order valence-electron chi connectivity index (χ3n) is 5.52. The summed E-state index contributed by atoms with van der Waals surface area (Å²) in [4.78, 5) is 53.4. The number of benzene rings is 1. The molecule has 212 valence electrons. The maximum Gasteiger partial charge on any atom is 0.411 e. The molecule has 1 aliphatic heterocycles. The normalized spacial score (nSPS) is 12.9. The van der Waals surface area contributed by atoms with Crippen LogP contribution in [-0.4, -0.2) is 67.9 Å². The average molecular weight is 553 g/mol. The topological polar surface area (TPSA) is 147 Å². The molecule has 0 spiro atoms. The van der Waals surface area contributed by atoms with Crippen molar-refractivity contribution >= 4 is 18.0 Å². The lowest BCUT2D eigenvalue weighted by Crippen LogP contribution is -2.45. The smallest absolute Gasteiger partial charge is 0.411 e. The third-order valence-corrected chi connectivity index (χ3v) is 5.52. The Labute approximate surface area is 231 Å². The first-order valence-corrected chi connectivity index (χ1v) is 12.7. The van der Waals surface area contributed by atoms with Crippen LogP contribution in [0.1, 0.15) is 50.7 Å². The number of rotatable bonds is 9. The number of esters is 1. The van der Waals surface area contributed by atoms with Gasteiger partial charge in [-0.1, -0.05) is 6.07 Å². The van der Waals surface area contributed by atoms with Gasteiger partial charge in [-0.25, -0.2) is 24.5 Å². The fraction of sp³-hybridized carbons (Fsp3) is 0.407. The number of nitrogens with one attached hydrogen (secondary N) is 1. The van der Waals surface area contributed by atoms with Crippen LogP contribution in [0.2, 0.25) is 0 Å². The molecule has 0 saturated carbocycles. The molecule has 3 aromatic rings. The zero-order valence-electron chi connectivity index (χ0n) is 23.0. The fourth-order valence-electron chi connectivity index (χ4n) is 3.85. The molecule has 0 fully saturated rings. The summed E-state index contributed by atoms with van der Waals surface area (Å²) in [5.74, 6) is 0.0866. The van der Waals surface area contributed by atoms with Crippen molar-refractivity contribution in [3.05, 3.63) is 59.9 Å². The SMILES string of the molecule is CCOC(=O)C(NC(=O)CN(Cc1ccc2c(c1)OCO2)C(=O)OC(C)(C)C)c1cc(C)nc(-n2ccnc2)n1. The van der Waals surface area contributed by atoms with Crippen LogP contribution in [0.15, 0.2) is 43.0 Å². The van der Waals surface area contributed by atoms with E-state index in [-0.39, 0.29) is 31.6 Å². The fourth-order valence-corrected chi connectivity index (χ4v) is 3.85. The van der Waals surface area contributed by atoms with Crippen LogP contribution in [0.4, 0.5) is 4.79 Å². The molecule has 2 aromatic heterocycles. The third kappa shape index (κ3) is 7.24. The predicted octanol–water partition coefficient (Wildman–Crippen LogP) is 2.86. The van der Waals surface area contributed by atoms with E-state index in [0.717, 1.165) is 0 Å². The molecule has 0 radical (unpaired) electrons. The van der Waals surface area contributed by atoms with Crippen LogP contribution in [0.3, 0.4) is 0 Å². The van der Waals surface area contributed by atoms with Crippen LogP contribution in [0.5, 0.6) is 11.5 Å². The van der Waals surface area contributed by atoms with E-state index in [4.69, 9.17) is 18.9 Å². The molecule has 2 amide bonds. The number of hydrogen-bond acceptors (Lipinski definition) is 10. The molecule has 1 aromatic carbocycles. The van der Waals surface area contributed by atoms with E-state index in [1.807, 2.05) is 0 Å². The second-order valence-corrected chi connectivity index (χ2v) is 9.98. The van der Waals surface area contributed by atoms with Crippen molar-refractivity contribution in [2.24, 2.45) is 0 Å². The first-order chi connectivity index (χ1) is 19.0. The molecule has 4 rings (SSSR count). The van der Waals surface area contributed by atoms with Gasteiger partial charge in [-0.15, -0.1) is 0 Å². The van der Waals surface area contributed by atoms with Crippen molar-refractivity contribution in [1.29, 1.82) is 0 Å². The van der Waals surface area contributed by atoms with Crippen molar-refractivity contribution in [1.82, 2.24) is 29.7 Å². The van der Waals surface area contributed by atoms with E-state index in [9.17, 15) is 14.4 Å². The number of ether oxygens (including phenoxy) is 4. The lowest BCUT2D eigenvalue weighted by atomic mass is 10.1. The minimum atomic E-state index is -1.25. The Hall–Kier alpha value is -4.68. The van der Waals surface area contributed by atoms with E-state index in [2.05, 4.69) is 20.3 Å². The summed E-state index contributed by atoms with van der Waals surface area (Å²) in [5, 5.41) is 2.67. The van der Waals surface area contributed by atoms with Gasteiger partial charge in [0.2, 0.25) is 18.6 Å². The van der Waals surface area contributed by atoms with Crippen molar-refractivity contribution in [3.8, 4) is 17.4 Å². The molecule has 1 aliphatic rings. The molecule has 3 heterocycles. The number of amides is 2. The Kier molecular flexibility index (Phi) is 8.51. The highest BCUT2D eigenvalue weighted by atomic mass is 16.7. The minimum absolute atomic E-state index is 0.0421. The molecule has 1 unspecified atom stereocenters. The van der Waals surface area contributed by atoms with Crippen molar-refractivity contribution in [2.75, 3.05) is 19.9 Å². The zero-order chi connectivity index (χ0) is 28.9.